The molecule has 2 aromatic rings. The molecule has 1 N–H and O–H groups in total. The van der Waals surface area contributed by atoms with E-state index < -0.39 is 10.0 Å². The molecule has 0 saturated carbocycles. The van der Waals surface area contributed by atoms with E-state index in [-0.39, 0.29) is 17.2 Å². The molecule has 20 heavy (non-hydrogen) atoms. The highest BCUT2D eigenvalue weighted by Gasteiger charge is 2.12. The van der Waals surface area contributed by atoms with Crippen LogP contribution in [-0.2, 0) is 21.6 Å². The number of sulfonamides is 1. The Hall–Kier alpha value is -1.56. The molecule has 0 aliphatic rings. The van der Waals surface area contributed by atoms with E-state index in [4.69, 9.17) is 11.6 Å². The molecule has 105 valence electrons. The fourth-order valence-electron chi connectivity index (χ4n) is 1.73. The van der Waals surface area contributed by atoms with Crippen LogP contribution >= 0.6 is 11.6 Å². The third-order valence-electron chi connectivity index (χ3n) is 2.73. The first-order valence-corrected chi connectivity index (χ1v) is 7.85. The van der Waals surface area contributed by atoms with Crippen molar-refractivity contribution in [2.45, 2.75) is 11.3 Å². The van der Waals surface area contributed by atoms with Crippen LogP contribution in [0.1, 0.15) is 5.56 Å². The molecule has 0 spiro atoms. The summed E-state index contributed by atoms with van der Waals surface area (Å²) in [7, 11) is -3.54. The Morgan fingerprint density at radius 3 is 2.40 bits per heavy atom. The highest BCUT2D eigenvalue weighted by molar-refractivity contribution is 7.89. The fraction of sp³-hybridized carbons (Fsp3) is 0.143. The van der Waals surface area contributed by atoms with Crippen molar-refractivity contribution in [1.82, 2.24) is 4.72 Å². The predicted octanol–water partition coefficient (Wildman–Crippen LogP) is 3.00. The lowest BCUT2D eigenvalue weighted by Crippen LogP contribution is -2.25. The van der Waals surface area contributed by atoms with Crippen LogP contribution in [0.4, 0.5) is 0 Å². The van der Waals surface area contributed by atoms with Gasteiger partial charge in [0.05, 0.1) is 4.90 Å². The topological polar surface area (TPSA) is 66.1 Å². The van der Waals surface area contributed by atoms with Gasteiger partial charge in [0.1, 0.15) is 0 Å². The van der Waals surface area contributed by atoms with Crippen molar-refractivity contribution >= 4 is 21.6 Å². The Morgan fingerprint density at radius 2 is 1.75 bits per heavy atom. The Morgan fingerprint density at radius 1 is 1.05 bits per heavy atom. The van der Waals surface area contributed by atoms with Gasteiger partial charge in [-0.2, -0.15) is 0 Å². The van der Waals surface area contributed by atoms with Crippen LogP contribution in [0.5, 0.6) is 5.75 Å². The van der Waals surface area contributed by atoms with Gasteiger partial charge >= 0.3 is 0 Å². The van der Waals surface area contributed by atoms with Gasteiger partial charge in [0, 0.05) is 11.6 Å². The van der Waals surface area contributed by atoms with Crippen molar-refractivity contribution in [1.29, 1.82) is 0 Å². The summed E-state index contributed by atoms with van der Waals surface area (Å²) in [6.07, 6.45) is 0.461. The second-order valence-corrected chi connectivity index (χ2v) is 6.45. The van der Waals surface area contributed by atoms with Crippen molar-refractivity contribution in [3.8, 4) is 5.75 Å². The van der Waals surface area contributed by atoms with E-state index in [1.807, 2.05) is 0 Å². The summed E-state index contributed by atoms with van der Waals surface area (Å²) in [6.45, 7) is 0.231. The minimum absolute atomic E-state index is 0.0805. The third kappa shape index (κ3) is 3.96. The van der Waals surface area contributed by atoms with E-state index in [0.717, 1.165) is 5.56 Å². The summed E-state index contributed by atoms with van der Waals surface area (Å²) in [4.78, 5) is 0.166. The van der Waals surface area contributed by atoms with E-state index in [2.05, 4.69) is 4.72 Å². The Bertz CT molecular complexity index is 684. The summed E-state index contributed by atoms with van der Waals surface area (Å²) >= 11 is 5.72. The molecule has 2 aromatic carbocycles. The van der Waals surface area contributed by atoms with Crippen molar-refractivity contribution in [2.75, 3.05) is 6.54 Å². The van der Waals surface area contributed by atoms with Crippen LogP contribution in [0.3, 0.4) is 0 Å². The maximum absolute atomic E-state index is 12.0. The van der Waals surface area contributed by atoms with Crippen LogP contribution in [0.15, 0.2) is 53.4 Å². The van der Waals surface area contributed by atoms with Crippen molar-refractivity contribution in [3.63, 3.8) is 0 Å². The highest BCUT2D eigenvalue weighted by Crippen LogP contribution is 2.14. The van der Waals surface area contributed by atoms with Crippen LogP contribution in [0, 0.1) is 0 Å². The van der Waals surface area contributed by atoms with Gasteiger partial charge in [0.2, 0.25) is 10.0 Å². The Kier molecular flexibility index (Phi) is 4.65. The standard InChI is InChI=1S/C14H13ClNO3S/c15-12-4-6-14(7-5-12)20(18,19)16-9-8-11-2-1-3-13(17)10-11/h1-7,10,16H,8-9H2. The summed E-state index contributed by atoms with van der Waals surface area (Å²) in [5.41, 5.74) is 0.802. The summed E-state index contributed by atoms with van der Waals surface area (Å²) < 4.78 is 26.5. The number of hydrogen-bond acceptors (Lipinski definition) is 2. The number of nitrogens with one attached hydrogen (secondary N) is 1. The minimum atomic E-state index is -3.54. The molecule has 0 unspecified atom stereocenters. The average Bonchev–Trinajstić information content (AvgIpc) is 2.39. The normalized spacial score (nSPS) is 11.4. The van der Waals surface area contributed by atoms with E-state index in [1.54, 1.807) is 12.1 Å². The molecule has 0 aliphatic carbocycles. The molecular weight excluding hydrogens is 298 g/mol. The smallest absolute Gasteiger partial charge is 0.240 e. The summed E-state index contributed by atoms with van der Waals surface area (Å²) in [5.74, 6) is -0.0805. The van der Waals surface area contributed by atoms with E-state index in [1.165, 1.54) is 36.4 Å². The molecule has 0 bridgehead atoms. The molecule has 4 nitrogen and oxygen atoms in total. The molecule has 0 amide bonds. The number of halogens is 1. The average molecular weight is 311 g/mol. The predicted molar refractivity (Wildman–Crippen MR) is 76.9 cm³/mol. The van der Waals surface area contributed by atoms with Gasteiger partial charge < -0.3 is 0 Å². The third-order valence-corrected chi connectivity index (χ3v) is 4.46. The fourth-order valence-corrected chi connectivity index (χ4v) is 2.89. The molecule has 0 aromatic heterocycles. The van der Waals surface area contributed by atoms with Crippen LogP contribution in [0.2, 0.25) is 5.02 Å². The molecule has 0 aliphatic heterocycles. The molecule has 0 heterocycles. The lowest BCUT2D eigenvalue weighted by molar-refractivity contribution is 0.354. The molecule has 0 saturated heterocycles. The molecular formula is C14H13ClNO3S. The van der Waals surface area contributed by atoms with Crippen molar-refractivity contribution < 1.29 is 13.5 Å². The van der Waals surface area contributed by atoms with Crippen molar-refractivity contribution in [2.24, 2.45) is 0 Å². The number of hydrogen-bond donors (Lipinski definition) is 1. The lowest BCUT2D eigenvalue weighted by Gasteiger charge is -2.07. The molecule has 6 heteroatoms. The van der Waals surface area contributed by atoms with Gasteiger partial charge in [-0.3, -0.25) is 5.11 Å². The quantitative estimate of drug-likeness (QED) is 0.922. The Labute approximate surface area is 123 Å². The molecule has 2 rings (SSSR count). The van der Waals surface area contributed by atoms with Crippen LogP contribution in [0.25, 0.3) is 0 Å². The van der Waals surface area contributed by atoms with E-state index in [0.29, 0.717) is 11.4 Å². The summed E-state index contributed by atoms with van der Waals surface area (Å²) in [5, 5.41) is 11.6. The van der Waals surface area contributed by atoms with Gasteiger partial charge in [0.25, 0.3) is 0 Å². The molecule has 0 fully saturated rings. The largest absolute Gasteiger partial charge is 0.290 e. The zero-order valence-electron chi connectivity index (χ0n) is 10.5. The van der Waals surface area contributed by atoms with Gasteiger partial charge in [0.15, 0.2) is 5.75 Å². The Balaban J connectivity index is 1.98. The monoisotopic (exact) mass is 310 g/mol. The molecule has 1 radical (unpaired) electrons. The highest BCUT2D eigenvalue weighted by atomic mass is 35.5. The van der Waals surface area contributed by atoms with Gasteiger partial charge in [-0.25, -0.2) is 13.1 Å². The zero-order valence-corrected chi connectivity index (χ0v) is 12.1. The SMILES string of the molecule is [O]c1cccc(CCNS(=O)(=O)c2ccc(Cl)cc2)c1. The van der Waals surface area contributed by atoms with Gasteiger partial charge in [-0.15, -0.1) is 0 Å². The number of benzene rings is 2. The van der Waals surface area contributed by atoms with Gasteiger partial charge in [-0.05, 0) is 48.4 Å². The minimum Gasteiger partial charge on any atom is -0.290 e. The van der Waals surface area contributed by atoms with Crippen LogP contribution < -0.4 is 4.72 Å². The van der Waals surface area contributed by atoms with Crippen molar-refractivity contribution in [3.05, 3.63) is 59.1 Å². The first kappa shape index (κ1) is 14.8. The maximum atomic E-state index is 12.0. The zero-order chi connectivity index (χ0) is 14.6. The van der Waals surface area contributed by atoms with Gasteiger partial charge in [-0.1, -0.05) is 23.7 Å². The van der Waals surface area contributed by atoms with E-state index >= 15 is 0 Å². The van der Waals surface area contributed by atoms with Crippen LogP contribution in [-0.4, -0.2) is 15.0 Å². The van der Waals surface area contributed by atoms with E-state index in [9.17, 15) is 13.5 Å². The first-order valence-electron chi connectivity index (χ1n) is 5.98. The second kappa shape index (κ2) is 6.26. The molecule has 0 atom stereocenters. The second-order valence-electron chi connectivity index (χ2n) is 4.25. The maximum Gasteiger partial charge on any atom is 0.240 e. The first-order chi connectivity index (χ1) is 9.47. The lowest BCUT2D eigenvalue weighted by atomic mass is 10.1. The number of rotatable bonds is 5. The summed E-state index contributed by atoms with van der Waals surface area (Å²) in [6, 6.07) is 12.3.